The summed E-state index contributed by atoms with van der Waals surface area (Å²) in [7, 11) is 0. The van der Waals surface area contributed by atoms with Gasteiger partial charge in [0.15, 0.2) is 0 Å². The Hall–Kier alpha value is -1.11. The van der Waals surface area contributed by atoms with Gasteiger partial charge >= 0.3 is 0 Å². The van der Waals surface area contributed by atoms with Crippen LogP contribution >= 0.6 is 0 Å². The Kier molecular flexibility index (Phi) is 2.80. The van der Waals surface area contributed by atoms with Crippen molar-refractivity contribution < 1.29 is 4.39 Å². The van der Waals surface area contributed by atoms with Crippen molar-refractivity contribution in [2.45, 2.75) is 33.1 Å². The molecule has 0 unspecified atom stereocenters. The van der Waals surface area contributed by atoms with Gasteiger partial charge in [0.05, 0.1) is 6.67 Å². The highest BCUT2D eigenvalue weighted by Gasteiger charge is 2.51. The third kappa shape index (κ3) is 1.49. The topological polar surface area (TPSA) is 0 Å². The lowest BCUT2D eigenvalue weighted by atomic mass is 9.75. The van der Waals surface area contributed by atoms with Gasteiger partial charge in [-0.25, -0.2) is 0 Å². The molecular weight excluding hydrogens is 223 g/mol. The normalized spacial score (nSPS) is 35.1. The summed E-state index contributed by atoms with van der Waals surface area (Å²) in [6.45, 7) is 4.07. The van der Waals surface area contributed by atoms with Crippen LogP contribution in [0, 0.1) is 17.3 Å². The van der Waals surface area contributed by atoms with Gasteiger partial charge in [0.25, 0.3) is 0 Å². The minimum atomic E-state index is -0.216. The third-order valence-electron chi connectivity index (χ3n) is 5.33. The molecule has 1 aromatic carbocycles. The van der Waals surface area contributed by atoms with Crippen molar-refractivity contribution in [1.82, 2.24) is 0 Å². The maximum atomic E-state index is 13.6. The number of hydrogen-bond donors (Lipinski definition) is 0. The fourth-order valence-corrected chi connectivity index (χ4v) is 4.18. The van der Waals surface area contributed by atoms with Crippen LogP contribution in [0.15, 0.2) is 35.9 Å². The van der Waals surface area contributed by atoms with Crippen molar-refractivity contribution in [3.63, 3.8) is 0 Å². The number of rotatable bonds is 2. The summed E-state index contributed by atoms with van der Waals surface area (Å²) in [6, 6.07) is 10.6. The van der Waals surface area contributed by atoms with Crippen molar-refractivity contribution in [2.75, 3.05) is 6.67 Å². The van der Waals surface area contributed by atoms with Crippen molar-refractivity contribution in [1.29, 1.82) is 0 Å². The van der Waals surface area contributed by atoms with E-state index in [1.165, 1.54) is 36.0 Å². The van der Waals surface area contributed by atoms with Gasteiger partial charge in [-0.05, 0) is 42.7 Å². The van der Waals surface area contributed by atoms with Crippen LogP contribution in [0.4, 0.5) is 4.39 Å². The largest absolute Gasteiger partial charge is 0.250 e. The van der Waals surface area contributed by atoms with Crippen LogP contribution in [0.2, 0.25) is 0 Å². The van der Waals surface area contributed by atoms with Gasteiger partial charge in [0.2, 0.25) is 0 Å². The molecule has 0 radical (unpaired) electrons. The fraction of sp³-hybridized carbons (Fsp3) is 0.529. The zero-order chi connectivity index (χ0) is 12.8. The summed E-state index contributed by atoms with van der Waals surface area (Å²) in [5.41, 5.74) is 3.83. The zero-order valence-electron chi connectivity index (χ0n) is 11.2. The summed E-state index contributed by atoms with van der Waals surface area (Å²) >= 11 is 0. The van der Waals surface area contributed by atoms with E-state index in [1.54, 1.807) is 0 Å². The van der Waals surface area contributed by atoms with Crippen LogP contribution in [-0.2, 0) is 0 Å². The molecule has 1 fully saturated rings. The molecule has 3 rings (SSSR count). The first-order valence-corrected chi connectivity index (χ1v) is 7.01. The Morgan fingerprint density at radius 3 is 2.61 bits per heavy atom. The molecule has 3 atom stereocenters. The second-order valence-electron chi connectivity index (χ2n) is 6.10. The Balaban J connectivity index is 2.12. The van der Waals surface area contributed by atoms with Gasteiger partial charge < -0.3 is 0 Å². The van der Waals surface area contributed by atoms with E-state index in [0.717, 1.165) is 0 Å². The van der Waals surface area contributed by atoms with Crippen LogP contribution in [0.1, 0.15) is 38.7 Å². The molecule has 0 heterocycles. The maximum Gasteiger partial charge on any atom is 0.0988 e. The average Bonchev–Trinajstić information content (AvgIpc) is 2.95. The molecule has 0 N–H and O–H groups in total. The van der Waals surface area contributed by atoms with Gasteiger partial charge in [0.1, 0.15) is 0 Å². The summed E-state index contributed by atoms with van der Waals surface area (Å²) in [6.07, 6.45) is 3.69. The van der Waals surface area contributed by atoms with Crippen LogP contribution < -0.4 is 0 Å². The van der Waals surface area contributed by atoms with E-state index in [4.69, 9.17) is 0 Å². The predicted molar refractivity (Wildman–Crippen MR) is 73.9 cm³/mol. The second kappa shape index (κ2) is 4.22. The third-order valence-corrected chi connectivity index (χ3v) is 5.33. The van der Waals surface area contributed by atoms with Gasteiger partial charge in [0, 0.05) is 5.41 Å². The molecule has 0 spiro atoms. The molecule has 96 valence electrons. The molecule has 0 aromatic heterocycles. The first-order valence-electron chi connectivity index (χ1n) is 7.01. The second-order valence-corrected chi connectivity index (χ2v) is 6.10. The molecule has 2 aliphatic rings. The Morgan fingerprint density at radius 1 is 1.22 bits per heavy atom. The fourth-order valence-electron chi connectivity index (χ4n) is 4.18. The Bertz CT molecular complexity index is 474. The van der Waals surface area contributed by atoms with E-state index < -0.39 is 0 Å². The van der Waals surface area contributed by atoms with E-state index in [9.17, 15) is 4.39 Å². The van der Waals surface area contributed by atoms with Crippen molar-refractivity contribution >= 4 is 5.57 Å². The number of allylic oxidation sites excluding steroid dienone is 2. The van der Waals surface area contributed by atoms with E-state index in [-0.39, 0.29) is 12.1 Å². The Morgan fingerprint density at radius 2 is 1.94 bits per heavy atom. The highest BCUT2D eigenvalue weighted by Crippen LogP contribution is 2.60. The molecule has 2 aliphatic carbocycles. The van der Waals surface area contributed by atoms with E-state index in [0.29, 0.717) is 11.8 Å². The molecule has 1 aromatic rings. The first kappa shape index (κ1) is 12.0. The molecule has 0 nitrogen and oxygen atoms in total. The lowest BCUT2D eigenvalue weighted by molar-refractivity contribution is 0.180. The predicted octanol–water partition coefficient (Wildman–Crippen LogP) is 4.87. The molecule has 0 aliphatic heterocycles. The summed E-state index contributed by atoms with van der Waals surface area (Å²) in [5.74, 6) is 1.12. The van der Waals surface area contributed by atoms with E-state index >= 15 is 0 Å². The number of halogens is 1. The van der Waals surface area contributed by atoms with Gasteiger partial charge in [-0.15, -0.1) is 0 Å². The van der Waals surface area contributed by atoms with Crippen LogP contribution in [0.25, 0.3) is 5.57 Å². The number of benzene rings is 1. The lowest BCUT2D eigenvalue weighted by Crippen LogP contribution is -2.27. The molecule has 0 amide bonds. The Labute approximate surface area is 109 Å². The quantitative estimate of drug-likeness (QED) is 0.696. The highest BCUT2D eigenvalue weighted by molar-refractivity contribution is 5.74. The summed E-state index contributed by atoms with van der Waals surface area (Å²) in [5, 5.41) is 0. The van der Waals surface area contributed by atoms with Crippen molar-refractivity contribution in [3.05, 3.63) is 41.5 Å². The number of alkyl halides is 1. The van der Waals surface area contributed by atoms with Crippen molar-refractivity contribution in [2.24, 2.45) is 17.3 Å². The molecular formula is C17H21F. The minimum absolute atomic E-state index is 0.212. The molecule has 1 heteroatoms. The lowest BCUT2D eigenvalue weighted by Gasteiger charge is -2.30. The minimum Gasteiger partial charge on any atom is -0.250 e. The maximum absolute atomic E-state index is 13.6. The monoisotopic (exact) mass is 244 g/mol. The van der Waals surface area contributed by atoms with Crippen LogP contribution in [0.3, 0.4) is 0 Å². The SMILES string of the molecule is CC1=C(c2ccccc2)[C@H]2CCC[C@H]2[C@@]1(C)CF. The zero-order valence-corrected chi connectivity index (χ0v) is 11.2. The summed E-state index contributed by atoms with van der Waals surface area (Å²) in [4.78, 5) is 0. The molecule has 0 saturated heterocycles. The van der Waals surface area contributed by atoms with Gasteiger partial charge in [-0.1, -0.05) is 49.2 Å². The molecule has 1 saturated carbocycles. The number of hydrogen-bond acceptors (Lipinski definition) is 0. The molecule has 18 heavy (non-hydrogen) atoms. The average molecular weight is 244 g/mol. The smallest absolute Gasteiger partial charge is 0.0988 e. The van der Waals surface area contributed by atoms with Crippen LogP contribution in [0.5, 0.6) is 0 Å². The van der Waals surface area contributed by atoms with Gasteiger partial charge in [-0.3, -0.25) is 4.39 Å². The first-order chi connectivity index (χ1) is 8.68. The van der Waals surface area contributed by atoms with Crippen molar-refractivity contribution in [3.8, 4) is 0 Å². The number of fused-ring (bicyclic) bond motifs is 1. The molecule has 0 bridgehead atoms. The standard InChI is InChI=1S/C17H21F/c1-12-16(13-7-4-3-5-8-13)14-9-6-10-15(14)17(12,2)11-18/h3-5,7-8,14-15H,6,9-11H2,1-2H3/t14-,15+,17-/m0/s1. The summed E-state index contributed by atoms with van der Waals surface area (Å²) < 4.78 is 13.6. The van der Waals surface area contributed by atoms with Gasteiger partial charge in [-0.2, -0.15) is 0 Å². The van der Waals surface area contributed by atoms with E-state index in [2.05, 4.69) is 44.2 Å². The van der Waals surface area contributed by atoms with E-state index in [1.807, 2.05) is 0 Å². The van der Waals surface area contributed by atoms with Crippen LogP contribution in [-0.4, -0.2) is 6.67 Å². The highest BCUT2D eigenvalue weighted by atomic mass is 19.1.